The zero-order chi connectivity index (χ0) is 18.4. The van der Waals surface area contributed by atoms with Crippen LogP contribution in [0.4, 0.5) is 0 Å². The van der Waals surface area contributed by atoms with Crippen molar-refractivity contribution in [2.24, 2.45) is 17.3 Å². The maximum Gasteiger partial charge on any atom is 0.179 e. The summed E-state index contributed by atoms with van der Waals surface area (Å²) < 4.78 is 0. The van der Waals surface area contributed by atoms with Gasteiger partial charge < -0.3 is 9.69 Å². The monoisotopic (exact) mass is 338 g/mol. The van der Waals surface area contributed by atoms with Crippen LogP contribution in [0.15, 0.2) is 42.5 Å². The third-order valence-corrected chi connectivity index (χ3v) is 5.63. The molecule has 0 spiro atoms. The van der Waals surface area contributed by atoms with E-state index < -0.39 is 0 Å². The number of rotatable bonds is 9. The summed E-state index contributed by atoms with van der Waals surface area (Å²) in [5.41, 5.74) is 2.68. The molecule has 1 saturated carbocycles. The third kappa shape index (κ3) is 5.19. The SMILES string of the molecule is C=C(CCN(C#N)Cc1ccccc1)[C@H]1CC(C)(C)[C@@H]1CCC(C)=O. The Bertz CT molecular complexity index is 642. The second kappa shape index (κ2) is 8.34. The molecular weight excluding hydrogens is 308 g/mol. The second-order valence-electron chi connectivity index (χ2n) is 8.06. The number of nitriles is 1. The van der Waals surface area contributed by atoms with Crippen LogP contribution < -0.4 is 0 Å². The molecule has 1 aromatic rings. The average molecular weight is 338 g/mol. The first-order valence-electron chi connectivity index (χ1n) is 9.19. The Morgan fingerprint density at radius 3 is 2.56 bits per heavy atom. The standard InChI is InChI=1S/C22H30N2O/c1-17(20-14-22(3,4)21(20)11-10-18(2)25)12-13-24(16-23)15-19-8-6-5-7-9-19/h5-9,20-21H,1,10-15H2,2-4H3/t20-,21-/m1/s1. The van der Waals surface area contributed by atoms with Crippen LogP contribution >= 0.6 is 0 Å². The molecule has 0 amide bonds. The molecule has 3 nitrogen and oxygen atoms in total. The van der Waals surface area contributed by atoms with E-state index in [2.05, 4.69) is 26.6 Å². The van der Waals surface area contributed by atoms with E-state index in [0.29, 0.717) is 36.8 Å². The molecule has 1 fully saturated rings. The van der Waals surface area contributed by atoms with Crippen molar-refractivity contribution in [3.05, 3.63) is 48.0 Å². The maximum absolute atomic E-state index is 11.3. The Kier molecular flexibility index (Phi) is 6.42. The lowest BCUT2D eigenvalue weighted by Gasteiger charge is -2.53. The molecule has 1 aromatic carbocycles. The van der Waals surface area contributed by atoms with Gasteiger partial charge in [0.15, 0.2) is 6.19 Å². The van der Waals surface area contributed by atoms with Crippen LogP contribution in [0.2, 0.25) is 0 Å². The lowest BCUT2D eigenvalue weighted by atomic mass is 9.52. The van der Waals surface area contributed by atoms with Crippen molar-refractivity contribution in [3.8, 4) is 6.19 Å². The smallest absolute Gasteiger partial charge is 0.179 e. The van der Waals surface area contributed by atoms with Crippen LogP contribution in [-0.4, -0.2) is 17.2 Å². The molecule has 1 aliphatic carbocycles. The molecule has 0 N–H and O–H groups in total. The highest BCUT2D eigenvalue weighted by molar-refractivity contribution is 5.75. The van der Waals surface area contributed by atoms with E-state index in [1.807, 2.05) is 30.3 Å². The van der Waals surface area contributed by atoms with E-state index in [1.54, 1.807) is 11.8 Å². The number of Topliss-reactive ketones (excluding diaryl/α,β-unsaturated/α-hetero) is 1. The number of nitrogens with zero attached hydrogens (tertiary/aromatic N) is 2. The first-order valence-corrected chi connectivity index (χ1v) is 9.19. The normalized spacial score (nSPS) is 21.0. The lowest BCUT2D eigenvalue weighted by Crippen LogP contribution is -2.45. The summed E-state index contributed by atoms with van der Waals surface area (Å²) in [5, 5.41) is 9.40. The van der Waals surface area contributed by atoms with E-state index in [0.717, 1.165) is 24.8 Å². The Morgan fingerprint density at radius 1 is 1.32 bits per heavy atom. The Balaban J connectivity index is 1.86. The molecule has 0 heterocycles. The average Bonchev–Trinajstić information content (AvgIpc) is 2.57. The van der Waals surface area contributed by atoms with E-state index in [9.17, 15) is 10.1 Å². The van der Waals surface area contributed by atoms with Crippen LogP contribution in [0, 0.1) is 28.7 Å². The summed E-state index contributed by atoms with van der Waals surface area (Å²) in [7, 11) is 0. The van der Waals surface area contributed by atoms with Crippen molar-refractivity contribution < 1.29 is 4.79 Å². The molecule has 134 valence electrons. The summed E-state index contributed by atoms with van der Waals surface area (Å²) >= 11 is 0. The van der Waals surface area contributed by atoms with Gasteiger partial charge in [0.2, 0.25) is 0 Å². The van der Waals surface area contributed by atoms with E-state index in [-0.39, 0.29) is 5.78 Å². The first kappa shape index (κ1) is 19.2. The fourth-order valence-corrected chi connectivity index (χ4v) is 4.06. The molecule has 25 heavy (non-hydrogen) atoms. The molecular formula is C22H30N2O. The van der Waals surface area contributed by atoms with Gasteiger partial charge in [0.1, 0.15) is 5.78 Å². The highest BCUT2D eigenvalue weighted by Gasteiger charge is 2.47. The number of benzene rings is 1. The molecule has 0 bridgehead atoms. The number of ketones is 1. The maximum atomic E-state index is 11.3. The first-order chi connectivity index (χ1) is 11.8. The largest absolute Gasteiger partial charge is 0.306 e. The molecule has 0 radical (unpaired) electrons. The number of hydrogen-bond donors (Lipinski definition) is 0. The lowest BCUT2D eigenvalue weighted by molar-refractivity contribution is -0.118. The summed E-state index contributed by atoms with van der Waals surface area (Å²) in [5.74, 6) is 1.30. The van der Waals surface area contributed by atoms with Crippen molar-refractivity contribution in [2.45, 2.75) is 53.0 Å². The van der Waals surface area contributed by atoms with Gasteiger partial charge in [0.25, 0.3) is 0 Å². The van der Waals surface area contributed by atoms with E-state index in [1.165, 1.54) is 5.57 Å². The molecule has 1 aliphatic rings. The van der Waals surface area contributed by atoms with Crippen LogP contribution in [0.25, 0.3) is 0 Å². The van der Waals surface area contributed by atoms with Gasteiger partial charge >= 0.3 is 0 Å². The number of carbonyl (C=O) groups is 1. The highest BCUT2D eigenvalue weighted by Crippen LogP contribution is 2.55. The van der Waals surface area contributed by atoms with Crippen LogP contribution in [0.3, 0.4) is 0 Å². The summed E-state index contributed by atoms with van der Waals surface area (Å²) in [6.45, 7) is 11.9. The van der Waals surface area contributed by atoms with Crippen LogP contribution in [-0.2, 0) is 11.3 Å². The van der Waals surface area contributed by atoms with Gasteiger partial charge in [-0.3, -0.25) is 0 Å². The summed E-state index contributed by atoms with van der Waals surface area (Å²) in [6.07, 6.45) is 5.90. The molecule has 0 aliphatic heterocycles. The topological polar surface area (TPSA) is 44.1 Å². The molecule has 0 saturated heterocycles. The van der Waals surface area contributed by atoms with Gasteiger partial charge in [-0.05, 0) is 49.0 Å². The summed E-state index contributed by atoms with van der Waals surface area (Å²) in [4.78, 5) is 13.1. The Labute approximate surface area is 152 Å². The minimum absolute atomic E-state index is 0.269. The van der Waals surface area contributed by atoms with Crippen LogP contribution in [0.5, 0.6) is 0 Å². The van der Waals surface area contributed by atoms with Gasteiger partial charge in [0.05, 0.1) is 6.54 Å². The number of carbonyl (C=O) groups excluding carboxylic acids is 1. The van der Waals surface area contributed by atoms with Crippen molar-refractivity contribution >= 4 is 5.78 Å². The van der Waals surface area contributed by atoms with Crippen LogP contribution in [0.1, 0.15) is 52.0 Å². The van der Waals surface area contributed by atoms with Gasteiger partial charge in [-0.1, -0.05) is 56.3 Å². The molecule has 2 atom stereocenters. The molecule has 0 aromatic heterocycles. The quantitative estimate of drug-likeness (QED) is 0.363. The van der Waals surface area contributed by atoms with E-state index >= 15 is 0 Å². The minimum Gasteiger partial charge on any atom is -0.306 e. The van der Waals surface area contributed by atoms with E-state index in [4.69, 9.17) is 0 Å². The van der Waals surface area contributed by atoms with Crippen molar-refractivity contribution in [3.63, 3.8) is 0 Å². The van der Waals surface area contributed by atoms with Gasteiger partial charge in [-0.25, -0.2) is 0 Å². The fourth-order valence-electron chi connectivity index (χ4n) is 4.06. The molecule has 2 rings (SSSR count). The molecule has 3 heteroatoms. The van der Waals surface area contributed by atoms with Gasteiger partial charge in [0, 0.05) is 13.0 Å². The predicted molar refractivity (Wildman–Crippen MR) is 102 cm³/mol. The minimum atomic E-state index is 0.269. The van der Waals surface area contributed by atoms with Crippen molar-refractivity contribution in [1.29, 1.82) is 5.26 Å². The highest BCUT2D eigenvalue weighted by atomic mass is 16.1. The third-order valence-electron chi connectivity index (χ3n) is 5.63. The zero-order valence-corrected chi connectivity index (χ0v) is 15.8. The molecule has 0 unspecified atom stereocenters. The summed E-state index contributed by atoms with van der Waals surface area (Å²) in [6, 6.07) is 10.1. The van der Waals surface area contributed by atoms with Gasteiger partial charge in [-0.2, -0.15) is 5.26 Å². The fraction of sp³-hybridized carbons (Fsp3) is 0.545. The number of hydrogen-bond acceptors (Lipinski definition) is 3. The Hall–Kier alpha value is -2.08. The van der Waals surface area contributed by atoms with Gasteiger partial charge in [-0.15, -0.1) is 0 Å². The van der Waals surface area contributed by atoms with Crippen molar-refractivity contribution in [1.82, 2.24) is 4.90 Å². The second-order valence-corrected chi connectivity index (χ2v) is 8.06. The Morgan fingerprint density at radius 2 is 2.00 bits per heavy atom. The zero-order valence-electron chi connectivity index (χ0n) is 15.8. The van der Waals surface area contributed by atoms with Crippen molar-refractivity contribution in [2.75, 3.05) is 6.54 Å². The predicted octanol–water partition coefficient (Wildman–Crippen LogP) is 4.95.